The molecule has 6 rings (SSSR count). The highest BCUT2D eigenvalue weighted by atomic mass is 16.1. The number of anilines is 2. The molecule has 5 aliphatic carbocycles. The molecule has 0 saturated heterocycles. The van der Waals surface area contributed by atoms with Crippen molar-refractivity contribution in [3.8, 4) is 0 Å². The Balaban J connectivity index is 1.34. The quantitative estimate of drug-likeness (QED) is 0.718. The maximum atomic E-state index is 12.7. The third kappa shape index (κ3) is 3.06. The second kappa shape index (κ2) is 6.44. The van der Waals surface area contributed by atoms with Crippen LogP contribution >= 0.6 is 0 Å². The number of carbonyl (C=O) groups is 1. The monoisotopic (exact) mass is 350 g/mol. The average Bonchev–Trinajstić information content (AvgIpc) is 2.63. The molecule has 4 bridgehead atoms. The lowest BCUT2D eigenvalue weighted by atomic mass is 9.53. The summed E-state index contributed by atoms with van der Waals surface area (Å²) < 4.78 is 0. The van der Waals surface area contributed by atoms with Gasteiger partial charge in [0.15, 0.2) is 0 Å². The number of hydrogen-bond acceptors (Lipinski definition) is 2. The van der Waals surface area contributed by atoms with Gasteiger partial charge in [0.05, 0.1) is 11.4 Å². The van der Waals surface area contributed by atoms with Crippen LogP contribution in [0.15, 0.2) is 36.4 Å². The van der Waals surface area contributed by atoms with Gasteiger partial charge in [-0.25, -0.2) is 0 Å². The molecule has 2 N–H and O–H groups in total. The Morgan fingerprint density at radius 1 is 0.923 bits per heavy atom. The summed E-state index contributed by atoms with van der Waals surface area (Å²) in [5, 5.41) is 7.16. The first-order chi connectivity index (χ1) is 12.7. The minimum Gasteiger partial charge on any atom is -0.378 e. The second-order valence-corrected chi connectivity index (χ2v) is 9.34. The molecule has 138 valence electrons. The largest absolute Gasteiger partial charge is 0.378 e. The van der Waals surface area contributed by atoms with E-state index in [2.05, 4.69) is 41.0 Å². The van der Waals surface area contributed by atoms with Crippen molar-refractivity contribution in [3.63, 3.8) is 0 Å². The highest BCUT2D eigenvalue weighted by Crippen LogP contribution is 2.56. The zero-order valence-electron chi connectivity index (χ0n) is 15.5. The van der Waals surface area contributed by atoms with E-state index in [4.69, 9.17) is 0 Å². The van der Waals surface area contributed by atoms with Crippen molar-refractivity contribution in [2.24, 2.45) is 23.7 Å². The van der Waals surface area contributed by atoms with Gasteiger partial charge in [-0.3, -0.25) is 4.79 Å². The summed E-state index contributed by atoms with van der Waals surface area (Å²) in [6, 6.07) is 8.32. The van der Waals surface area contributed by atoms with Gasteiger partial charge in [-0.15, -0.1) is 0 Å². The summed E-state index contributed by atoms with van der Waals surface area (Å²) in [6.07, 6.45) is 15.5. The van der Waals surface area contributed by atoms with E-state index in [1.807, 2.05) is 6.07 Å². The van der Waals surface area contributed by atoms with Gasteiger partial charge >= 0.3 is 0 Å². The fraction of sp³-hybridized carbons (Fsp3) is 0.609. The van der Waals surface area contributed by atoms with Gasteiger partial charge in [-0.05, 0) is 87.7 Å². The normalized spacial score (nSPS) is 37.5. The lowest BCUT2D eigenvalue weighted by Crippen LogP contribution is -2.54. The summed E-state index contributed by atoms with van der Waals surface area (Å²) in [6.45, 7) is 0. The molecule has 0 aliphatic heterocycles. The highest BCUT2D eigenvalue weighted by Gasteiger charge is 2.51. The van der Waals surface area contributed by atoms with E-state index in [1.165, 1.54) is 38.5 Å². The minimum absolute atomic E-state index is 0.118. The van der Waals surface area contributed by atoms with E-state index in [0.29, 0.717) is 0 Å². The Hall–Kier alpha value is -1.77. The Morgan fingerprint density at radius 2 is 1.58 bits per heavy atom. The molecule has 0 heterocycles. The standard InChI is InChI=1S/C23H30N2O/c26-22(19-6-2-1-3-7-19)24-20-8-4-5-9-21(20)25-23-13-16-10-17(14-23)12-18(11-16)15-23/h1-2,4-5,8-9,16-19,25H,3,6-7,10-15H2,(H,24,26). The van der Waals surface area contributed by atoms with Crippen molar-refractivity contribution in [2.45, 2.75) is 63.3 Å². The van der Waals surface area contributed by atoms with Gasteiger partial charge in [0, 0.05) is 11.5 Å². The summed E-state index contributed by atoms with van der Waals surface area (Å²) >= 11 is 0. The molecule has 1 aromatic rings. The number of hydrogen-bond donors (Lipinski definition) is 2. The Morgan fingerprint density at radius 3 is 2.19 bits per heavy atom. The number of rotatable bonds is 4. The van der Waals surface area contributed by atoms with E-state index < -0.39 is 0 Å². The zero-order chi connectivity index (χ0) is 17.6. The van der Waals surface area contributed by atoms with Crippen LogP contribution in [-0.2, 0) is 4.79 Å². The molecule has 0 spiro atoms. The number of allylic oxidation sites excluding steroid dienone is 2. The topological polar surface area (TPSA) is 41.1 Å². The van der Waals surface area contributed by atoms with Crippen LogP contribution in [0, 0.1) is 23.7 Å². The molecule has 1 amide bonds. The average molecular weight is 351 g/mol. The number of para-hydroxylation sites is 2. The van der Waals surface area contributed by atoms with Crippen molar-refractivity contribution in [2.75, 3.05) is 10.6 Å². The third-order valence-corrected chi connectivity index (χ3v) is 7.26. The fourth-order valence-electron chi connectivity index (χ4n) is 6.52. The number of carbonyl (C=O) groups excluding carboxylic acids is 1. The summed E-state index contributed by atoms with van der Waals surface area (Å²) in [4.78, 5) is 12.7. The molecule has 1 unspecified atom stereocenters. The van der Waals surface area contributed by atoms with Crippen LogP contribution in [0.2, 0.25) is 0 Å². The van der Waals surface area contributed by atoms with Crippen molar-refractivity contribution >= 4 is 17.3 Å². The van der Waals surface area contributed by atoms with Crippen molar-refractivity contribution < 1.29 is 4.79 Å². The molecule has 3 heteroatoms. The Bertz CT molecular complexity index is 687. The van der Waals surface area contributed by atoms with E-state index in [9.17, 15) is 4.79 Å². The van der Waals surface area contributed by atoms with E-state index in [1.54, 1.807) is 0 Å². The predicted molar refractivity (Wildman–Crippen MR) is 106 cm³/mol. The molecule has 1 aromatic carbocycles. The molecule has 0 radical (unpaired) electrons. The van der Waals surface area contributed by atoms with Crippen LogP contribution in [0.4, 0.5) is 11.4 Å². The van der Waals surface area contributed by atoms with E-state index in [-0.39, 0.29) is 17.4 Å². The van der Waals surface area contributed by atoms with Gasteiger partial charge in [0.25, 0.3) is 0 Å². The highest BCUT2D eigenvalue weighted by molar-refractivity contribution is 5.96. The van der Waals surface area contributed by atoms with Crippen LogP contribution in [0.25, 0.3) is 0 Å². The van der Waals surface area contributed by atoms with Crippen LogP contribution in [0.1, 0.15) is 57.8 Å². The lowest BCUT2D eigenvalue weighted by Gasteiger charge is -2.57. The summed E-state index contributed by atoms with van der Waals surface area (Å²) in [5.41, 5.74) is 2.35. The van der Waals surface area contributed by atoms with E-state index in [0.717, 1.165) is 48.4 Å². The molecule has 4 saturated carbocycles. The number of amides is 1. The third-order valence-electron chi connectivity index (χ3n) is 7.26. The van der Waals surface area contributed by atoms with Crippen molar-refractivity contribution in [1.82, 2.24) is 0 Å². The molecule has 3 nitrogen and oxygen atoms in total. The minimum atomic E-state index is 0.118. The molecule has 26 heavy (non-hydrogen) atoms. The first kappa shape index (κ1) is 16.4. The predicted octanol–water partition coefficient (Wildman–Crippen LogP) is 5.36. The lowest BCUT2D eigenvalue weighted by molar-refractivity contribution is -0.120. The molecule has 4 fully saturated rings. The first-order valence-corrected chi connectivity index (χ1v) is 10.5. The fourth-order valence-corrected chi connectivity index (χ4v) is 6.52. The zero-order valence-corrected chi connectivity index (χ0v) is 15.5. The van der Waals surface area contributed by atoms with Crippen LogP contribution < -0.4 is 10.6 Å². The maximum absolute atomic E-state index is 12.7. The second-order valence-electron chi connectivity index (χ2n) is 9.34. The molecular formula is C23H30N2O. The molecular weight excluding hydrogens is 320 g/mol. The number of benzene rings is 1. The van der Waals surface area contributed by atoms with Gasteiger partial charge in [0.2, 0.25) is 5.91 Å². The van der Waals surface area contributed by atoms with Crippen molar-refractivity contribution in [1.29, 1.82) is 0 Å². The maximum Gasteiger partial charge on any atom is 0.227 e. The summed E-state index contributed by atoms with van der Waals surface area (Å²) in [7, 11) is 0. The molecule has 5 aliphatic rings. The van der Waals surface area contributed by atoms with Gasteiger partial charge in [0.1, 0.15) is 0 Å². The van der Waals surface area contributed by atoms with Gasteiger partial charge in [-0.1, -0.05) is 24.3 Å². The van der Waals surface area contributed by atoms with Gasteiger partial charge < -0.3 is 10.6 Å². The van der Waals surface area contributed by atoms with Crippen molar-refractivity contribution in [3.05, 3.63) is 36.4 Å². The smallest absolute Gasteiger partial charge is 0.227 e. The summed E-state index contributed by atoms with van der Waals surface area (Å²) in [5.74, 6) is 3.06. The van der Waals surface area contributed by atoms with Crippen LogP contribution in [0.5, 0.6) is 0 Å². The SMILES string of the molecule is O=C(Nc1ccccc1NC12CC3CC(CC(C3)C1)C2)C1CC=CCC1. The van der Waals surface area contributed by atoms with Gasteiger partial charge in [-0.2, -0.15) is 0 Å². The van der Waals surface area contributed by atoms with Crippen LogP contribution in [-0.4, -0.2) is 11.4 Å². The van der Waals surface area contributed by atoms with E-state index >= 15 is 0 Å². The first-order valence-electron chi connectivity index (χ1n) is 10.5. The Labute approximate surface area is 156 Å². The Kier molecular flexibility index (Phi) is 4.06. The van der Waals surface area contributed by atoms with Crippen LogP contribution in [0.3, 0.4) is 0 Å². The molecule has 0 aromatic heterocycles. The molecule has 1 atom stereocenters. The number of nitrogens with one attached hydrogen (secondary N) is 2.